The van der Waals surface area contributed by atoms with E-state index in [1.54, 1.807) is 12.4 Å². The molecule has 0 saturated carbocycles. The molecule has 1 aromatic carbocycles. The molecule has 19 heavy (non-hydrogen) atoms. The highest BCUT2D eigenvalue weighted by Gasteiger charge is 2.26. The third-order valence-corrected chi connectivity index (χ3v) is 3.91. The molecule has 0 saturated heterocycles. The zero-order valence-corrected chi connectivity index (χ0v) is 12.8. The van der Waals surface area contributed by atoms with E-state index in [2.05, 4.69) is 42.2 Å². The Hall–Kier alpha value is -1.46. The van der Waals surface area contributed by atoms with Gasteiger partial charge in [0.15, 0.2) is 0 Å². The number of carbonyl (C=O) groups is 1. The Morgan fingerprint density at radius 2 is 2.11 bits per heavy atom. The molecular formula is C14H8Br2N2O. The molecule has 3 nitrogen and oxygen atoms in total. The minimum Gasteiger partial charge on any atom is -0.320 e. The standard InChI is InChI=1S/C14H8Br2N2O/c15-9-5-10-11(4-8-2-1-3-17-7-8)14(19)18-13(10)12(16)6-9/h1-7H,(H,18,19). The molecular weight excluding hydrogens is 372 g/mol. The molecule has 94 valence electrons. The first-order valence-electron chi connectivity index (χ1n) is 5.57. The van der Waals surface area contributed by atoms with Crippen LogP contribution in [0.3, 0.4) is 0 Å². The van der Waals surface area contributed by atoms with Gasteiger partial charge in [-0.1, -0.05) is 22.0 Å². The first-order valence-corrected chi connectivity index (χ1v) is 7.16. The molecule has 3 rings (SSSR count). The Balaban J connectivity index is 2.16. The summed E-state index contributed by atoms with van der Waals surface area (Å²) in [6.07, 6.45) is 5.27. The first kappa shape index (κ1) is 12.6. The third kappa shape index (κ3) is 2.35. The van der Waals surface area contributed by atoms with Gasteiger partial charge < -0.3 is 5.32 Å². The zero-order valence-electron chi connectivity index (χ0n) is 9.65. The predicted octanol–water partition coefficient (Wildman–Crippen LogP) is 4.10. The number of nitrogens with zero attached hydrogens (tertiary/aromatic N) is 1. The summed E-state index contributed by atoms with van der Waals surface area (Å²) in [5, 5.41) is 2.87. The fourth-order valence-corrected chi connectivity index (χ4v) is 3.31. The van der Waals surface area contributed by atoms with Crippen LogP contribution in [0, 0.1) is 0 Å². The number of carbonyl (C=O) groups excluding carboxylic acids is 1. The minimum atomic E-state index is -0.0994. The number of pyridine rings is 1. The van der Waals surface area contributed by atoms with E-state index in [0.29, 0.717) is 5.57 Å². The second-order valence-corrected chi connectivity index (χ2v) is 5.88. The van der Waals surface area contributed by atoms with Gasteiger partial charge in [-0.15, -0.1) is 0 Å². The Morgan fingerprint density at radius 1 is 1.26 bits per heavy atom. The highest BCUT2D eigenvalue weighted by atomic mass is 79.9. The minimum absolute atomic E-state index is 0.0994. The number of nitrogens with one attached hydrogen (secondary N) is 1. The lowest BCUT2D eigenvalue weighted by Crippen LogP contribution is -2.03. The largest absolute Gasteiger partial charge is 0.320 e. The number of fused-ring (bicyclic) bond motifs is 1. The van der Waals surface area contributed by atoms with Gasteiger partial charge in [-0.05, 0) is 45.8 Å². The fraction of sp³-hybridized carbons (Fsp3) is 0. The molecule has 0 radical (unpaired) electrons. The number of anilines is 1. The van der Waals surface area contributed by atoms with Crippen molar-refractivity contribution in [3.63, 3.8) is 0 Å². The number of amides is 1. The third-order valence-electron chi connectivity index (χ3n) is 2.82. The Morgan fingerprint density at radius 3 is 2.84 bits per heavy atom. The van der Waals surface area contributed by atoms with Crippen LogP contribution < -0.4 is 5.32 Å². The van der Waals surface area contributed by atoms with Crippen molar-refractivity contribution >= 4 is 55.1 Å². The summed E-state index contributed by atoms with van der Waals surface area (Å²) in [5.41, 5.74) is 3.24. The number of halogens is 2. The summed E-state index contributed by atoms with van der Waals surface area (Å²) >= 11 is 6.89. The lowest BCUT2D eigenvalue weighted by molar-refractivity contribution is -0.110. The van der Waals surface area contributed by atoms with E-state index in [0.717, 1.165) is 25.8 Å². The quantitative estimate of drug-likeness (QED) is 0.758. The van der Waals surface area contributed by atoms with Gasteiger partial charge in [0, 0.05) is 32.5 Å². The normalized spacial score (nSPS) is 15.5. The molecule has 1 aromatic heterocycles. The maximum atomic E-state index is 12.1. The SMILES string of the molecule is O=C1Nc2c(Br)cc(Br)cc2C1=Cc1cccnc1. The summed E-state index contributed by atoms with van der Waals surface area (Å²) < 4.78 is 1.78. The molecule has 5 heteroatoms. The van der Waals surface area contributed by atoms with Gasteiger partial charge in [-0.25, -0.2) is 0 Å². The molecule has 0 spiro atoms. The van der Waals surface area contributed by atoms with Gasteiger partial charge in [-0.3, -0.25) is 9.78 Å². The summed E-state index contributed by atoms with van der Waals surface area (Å²) in [4.78, 5) is 16.1. The maximum absolute atomic E-state index is 12.1. The molecule has 0 atom stereocenters. The lowest BCUT2D eigenvalue weighted by atomic mass is 10.1. The van der Waals surface area contributed by atoms with Gasteiger partial charge in [0.25, 0.3) is 5.91 Å². The number of hydrogen-bond acceptors (Lipinski definition) is 2. The van der Waals surface area contributed by atoms with Crippen molar-refractivity contribution in [3.05, 3.63) is 56.7 Å². The number of hydrogen-bond donors (Lipinski definition) is 1. The van der Waals surface area contributed by atoms with Crippen molar-refractivity contribution in [2.45, 2.75) is 0 Å². The van der Waals surface area contributed by atoms with Gasteiger partial charge in [0.2, 0.25) is 0 Å². The van der Waals surface area contributed by atoms with E-state index in [9.17, 15) is 4.79 Å². The van der Waals surface area contributed by atoms with Crippen LogP contribution in [0.2, 0.25) is 0 Å². The Kier molecular flexibility index (Phi) is 3.24. The van der Waals surface area contributed by atoms with Gasteiger partial charge in [0.1, 0.15) is 0 Å². The van der Waals surface area contributed by atoms with Gasteiger partial charge in [0.05, 0.1) is 5.69 Å². The van der Waals surface area contributed by atoms with Crippen molar-refractivity contribution in [3.8, 4) is 0 Å². The fourth-order valence-electron chi connectivity index (χ4n) is 1.99. The smallest absolute Gasteiger partial charge is 0.256 e. The summed E-state index contributed by atoms with van der Waals surface area (Å²) in [6.45, 7) is 0. The Labute approximate surface area is 127 Å². The van der Waals surface area contributed by atoms with E-state index in [-0.39, 0.29) is 5.91 Å². The highest BCUT2D eigenvalue weighted by Crippen LogP contribution is 2.40. The van der Waals surface area contributed by atoms with Crippen LogP contribution in [-0.4, -0.2) is 10.9 Å². The second-order valence-electron chi connectivity index (χ2n) is 4.11. The molecule has 1 N–H and O–H groups in total. The monoisotopic (exact) mass is 378 g/mol. The molecule has 0 unspecified atom stereocenters. The average Bonchev–Trinajstić information content (AvgIpc) is 2.69. The van der Waals surface area contributed by atoms with Crippen molar-refractivity contribution < 1.29 is 4.79 Å². The first-order chi connectivity index (χ1) is 9.15. The van der Waals surface area contributed by atoms with E-state index >= 15 is 0 Å². The van der Waals surface area contributed by atoms with Crippen LogP contribution in [0.1, 0.15) is 11.1 Å². The summed E-state index contributed by atoms with van der Waals surface area (Å²) in [5.74, 6) is -0.0994. The van der Waals surface area contributed by atoms with Crippen molar-refractivity contribution in [2.75, 3.05) is 5.32 Å². The predicted molar refractivity (Wildman–Crippen MR) is 82.6 cm³/mol. The van der Waals surface area contributed by atoms with Crippen LogP contribution in [-0.2, 0) is 4.79 Å². The molecule has 1 aliphatic heterocycles. The molecule has 0 fully saturated rings. The summed E-state index contributed by atoms with van der Waals surface area (Å²) in [7, 11) is 0. The van der Waals surface area contributed by atoms with Crippen LogP contribution in [0.25, 0.3) is 11.6 Å². The van der Waals surface area contributed by atoms with E-state index in [1.165, 1.54) is 0 Å². The van der Waals surface area contributed by atoms with Crippen molar-refractivity contribution in [1.82, 2.24) is 4.98 Å². The van der Waals surface area contributed by atoms with Crippen molar-refractivity contribution in [1.29, 1.82) is 0 Å². The lowest BCUT2D eigenvalue weighted by Gasteiger charge is -2.02. The van der Waals surface area contributed by atoms with Gasteiger partial charge in [-0.2, -0.15) is 0 Å². The van der Waals surface area contributed by atoms with Crippen LogP contribution >= 0.6 is 31.9 Å². The number of benzene rings is 1. The molecule has 1 aliphatic rings. The summed E-state index contributed by atoms with van der Waals surface area (Å²) in [6, 6.07) is 7.60. The zero-order chi connectivity index (χ0) is 13.4. The topological polar surface area (TPSA) is 42.0 Å². The molecule has 2 aromatic rings. The van der Waals surface area contributed by atoms with Crippen molar-refractivity contribution in [2.24, 2.45) is 0 Å². The molecule has 1 amide bonds. The van der Waals surface area contributed by atoms with Crippen LogP contribution in [0.5, 0.6) is 0 Å². The number of rotatable bonds is 1. The molecule has 0 aliphatic carbocycles. The van der Waals surface area contributed by atoms with Crippen LogP contribution in [0.4, 0.5) is 5.69 Å². The molecule has 0 bridgehead atoms. The van der Waals surface area contributed by atoms with Crippen LogP contribution in [0.15, 0.2) is 45.6 Å². The van der Waals surface area contributed by atoms with E-state index in [1.807, 2.05) is 30.3 Å². The number of aromatic nitrogens is 1. The maximum Gasteiger partial charge on any atom is 0.256 e. The molecule has 2 heterocycles. The second kappa shape index (κ2) is 4.90. The van der Waals surface area contributed by atoms with E-state index < -0.39 is 0 Å². The average molecular weight is 380 g/mol. The van der Waals surface area contributed by atoms with Gasteiger partial charge >= 0.3 is 0 Å². The Bertz CT molecular complexity index is 696. The van der Waals surface area contributed by atoms with E-state index in [4.69, 9.17) is 0 Å². The highest BCUT2D eigenvalue weighted by molar-refractivity contribution is 9.11.